The molecule has 1 aromatic carbocycles. The van der Waals surface area contributed by atoms with E-state index in [1.807, 2.05) is 22.8 Å². The summed E-state index contributed by atoms with van der Waals surface area (Å²) in [7, 11) is 3.11. The Labute approximate surface area is 173 Å². The molecule has 0 unspecified atom stereocenters. The lowest BCUT2D eigenvalue weighted by molar-refractivity contribution is -0.113. The molecule has 150 valence electrons. The van der Waals surface area contributed by atoms with E-state index in [9.17, 15) is 4.79 Å². The molecular formula is C20H21N5O3S. The van der Waals surface area contributed by atoms with Gasteiger partial charge in [-0.1, -0.05) is 23.9 Å². The number of allylic oxidation sites excluding steroid dienone is 1. The van der Waals surface area contributed by atoms with Gasteiger partial charge < -0.3 is 14.8 Å². The van der Waals surface area contributed by atoms with Crippen molar-refractivity contribution >= 4 is 23.4 Å². The molecule has 29 heavy (non-hydrogen) atoms. The number of thioether (sulfide) groups is 1. The molecule has 0 fully saturated rings. The van der Waals surface area contributed by atoms with Gasteiger partial charge in [0.1, 0.15) is 5.69 Å². The van der Waals surface area contributed by atoms with Crippen molar-refractivity contribution in [1.29, 1.82) is 0 Å². The normalized spacial score (nSPS) is 10.4. The third-order valence-electron chi connectivity index (χ3n) is 3.92. The third kappa shape index (κ3) is 4.94. The average Bonchev–Trinajstić information content (AvgIpc) is 3.15. The molecule has 0 atom stereocenters. The molecule has 1 amide bonds. The van der Waals surface area contributed by atoms with Gasteiger partial charge in [0.25, 0.3) is 0 Å². The number of hydrogen-bond donors (Lipinski definition) is 1. The van der Waals surface area contributed by atoms with E-state index in [-0.39, 0.29) is 11.7 Å². The first-order valence-electron chi connectivity index (χ1n) is 8.76. The molecular weight excluding hydrogens is 390 g/mol. The van der Waals surface area contributed by atoms with Crippen LogP contribution in [0.1, 0.15) is 0 Å². The Bertz CT molecular complexity index is 991. The number of pyridine rings is 1. The maximum absolute atomic E-state index is 12.4. The monoisotopic (exact) mass is 411 g/mol. The Balaban J connectivity index is 1.69. The smallest absolute Gasteiger partial charge is 0.234 e. The first-order chi connectivity index (χ1) is 14.2. The first-order valence-corrected chi connectivity index (χ1v) is 9.75. The summed E-state index contributed by atoms with van der Waals surface area (Å²) in [6.07, 6.45) is 3.45. The molecule has 0 spiro atoms. The summed E-state index contributed by atoms with van der Waals surface area (Å²) < 4.78 is 12.3. The fourth-order valence-electron chi connectivity index (χ4n) is 2.61. The summed E-state index contributed by atoms with van der Waals surface area (Å²) >= 11 is 1.29. The quantitative estimate of drug-likeness (QED) is 0.427. The Morgan fingerprint density at radius 3 is 2.72 bits per heavy atom. The number of carbonyl (C=O) groups is 1. The standard InChI is InChI=1S/C20H21N5O3S/c1-4-11-25-19(15-7-5-6-10-21-15)23-24-20(25)29-13-18(26)22-14-8-9-16(27-2)17(12-14)28-3/h4-10,12H,1,11,13H2,2-3H3,(H,22,26). The van der Waals surface area contributed by atoms with Crippen LogP contribution in [0, 0.1) is 0 Å². The molecule has 8 nitrogen and oxygen atoms in total. The number of ether oxygens (including phenoxy) is 2. The van der Waals surface area contributed by atoms with E-state index < -0.39 is 0 Å². The van der Waals surface area contributed by atoms with Crippen LogP contribution in [-0.2, 0) is 11.3 Å². The number of benzene rings is 1. The number of methoxy groups -OCH3 is 2. The second-order valence-corrected chi connectivity index (χ2v) is 6.77. The van der Waals surface area contributed by atoms with Crippen LogP contribution < -0.4 is 14.8 Å². The molecule has 0 bridgehead atoms. The van der Waals surface area contributed by atoms with E-state index in [1.54, 1.807) is 44.7 Å². The highest BCUT2D eigenvalue weighted by Gasteiger charge is 2.16. The number of carbonyl (C=O) groups excluding carboxylic acids is 1. The molecule has 3 rings (SSSR count). The Hall–Kier alpha value is -3.33. The number of hydrogen-bond acceptors (Lipinski definition) is 7. The van der Waals surface area contributed by atoms with Gasteiger partial charge in [0.05, 0.1) is 20.0 Å². The topological polar surface area (TPSA) is 91.2 Å². The molecule has 0 saturated carbocycles. The maximum Gasteiger partial charge on any atom is 0.234 e. The maximum atomic E-state index is 12.4. The Morgan fingerprint density at radius 2 is 2.03 bits per heavy atom. The van der Waals surface area contributed by atoms with Crippen molar-refractivity contribution in [3.05, 3.63) is 55.3 Å². The Kier molecular flexibility index (Phi) is 6.85. The minimum Gasteiger partial charge on any atom is -0.493 e. The van der Waals surface area contributed by atoms with Gasteiger partial charge >= 0.3 is 0 Å². The van der Waals surface area contributed by atoms with Gasteiger partial charge in [-0.3, -0.25) is 14.3 Å². The van der Waals surface area contributed by atoms with Gasteiger partial charge in [0.2, 0.25) is 5.91 Å². The second kappa shape index (κ2) is 9.74. The number of nitrogens with zero attached hydrogens (tertiary/aromatic N) is 4. The molecule has 2 heterocycles. The van der Waals surface area contributed by atoms with E-state index in [4.69, 9.17) is 9.47 Å². The highest BCUT2D eigenvalue weighted by atomic mass is 32.2. The van der Waals surface area contributed by atoms with E-state index in [0.717, 1.165) is 0 Å². The Morgan fingerprint density at radius 1 is 1.21 bits per heavy atom. The van der Waals surface area contributed by atoms with Gasteiger partial charge in [0, 0.05) is 24.5 Å². The van der Waals surface area contributed by atoms with Gasteiger partial charge in [-0.25, -0.2) is 0 Å². The van der Waals surface area contributed by atoms with Crippen LogP contribution in [0.3, 0.4) is 0 Å². The molecule has 0 aliphatic heterocycles. The average molecular weight is 411 g/mol. The minimum absolute atomic E-state index is 0.172. The SMILES string of the molecule is C=CCn1c(SCC(=O)Nc2ccc(OC)c(OC)c2)nnc1-c1ccccn1. The number of rotatable bonds is 9. The van der Waals surface area contributed by atoms with Gasteiger partial charge in [0.15, 0.2) is 22.5 Å². The highest BCUT2D eigenvalue weighted by Crippen LogP contribution is 2.30. The van der Waals surface area contributed by atoms with Crippen molar-refractivity contribution in [2.45, 2.75) is 11.7 Å². The predicted molar refractivity (Wildman–Crippen MR) is 112 cm³/mol. The summed E-state index contributed by atoms with van der Waals surface area (Å²) in [5.41, 5.74) is 1.33. The number of anilines is 1. The van der Waals surface area contributed by atoms with Crippen LogP contribution in [-0.4, -0.2) is 45.6 Å². The van der Waals surface area contributed by atoms with Crippen molar-refractivity contribution < 1.29 is 14.3 Å². The molecule has 0 saturated heterocycles. The van der Waals surface area contributed by atoms with Crippen molar-refractivity contribution in [3.8, 4) is 23.0 Å². The zero-order valence-electron chi connectivity index (χ0n) is 16.2. The predicted octanol–water partition coefficient (Wildman–Crippen LogP) is 3.27. The summed E-state index contributed by atoms with van der Waals surface area (Å²) in [5, 5.41) is 11.9. The molecule has 9 heteroatoms. The van der Waals surface area contributed by atoms with Gasteiger partial charge in [-0.15, -0.1) is 16.8 Å². The van der Waals surface area contributed by atoms with Crippen molar-refractivity contribution in [2.75, 3.05) is 25.3 Å². The van der Waals surface area contributed by atoms with E-state index in [2.05, 4.69) is 27.1 Å². The lowest BCUT2D eigenvalue weighted by Crippen LogP contribution is -2.14. The third-order valence-corrected chi connectivity index (χ3v) is 4.89. The fourth-order valence-corrected chi connectivity index (χ4v) is 3.36. The van der Waals surface area contributed by atoms with E-state index >= 15 is 0 Å². The fraction of sp³-hybridized carbons (Fsp3) is 0.200. The molecule has 0 radical (unpaired) electrons. The van der Waals surface area contributed by atoms with E-state index in [0.29, 0.717) is 40.4 Å². The molecule has 3 aromatic rings. The highest BCUT2D eigenvalue weighted by molar-refractivity contribution is 7.99. The lowest BCUT2D eigenvalue weighted by atomic mass is 10.2. The minimum atomic E-state index is -0.172. The zero-order valence-corrected chi connectivity index (χ0v) is 17.0. The van der Waals surface area contributed by atoms with Crippen LogP contribution >= 0.6 is 11.8 Å². The van der Waals surface area contributed by atoms with Crippen LogP contribution in [0.4, 0.5) is 5.69 Å². The van der Waals surface area contributed by atoms with Gasteiger partial charge in [-0.05, 0) is 24.3 Å². The summed E-state index contributed by atoms with van der Waals surface area (Å²) in [5.74, 6) is 1.78. The second-order valence-electron chi connectivity index (χ2n) is 5.83. The van der Waals surface area contributed by atoms with Crippen molar-refractivity contribution in [3.63, 3.8) is 0 Å². The number of amides is 1. The summed E-state index contributed by atoms with van der Waals surface area (Å²) in [6.45, 7) is 4.30. The van der Waals surface area contributed by atoms with Crippen molar-refractivity contribution in [2.24, 2.45) is 0 Å². The molecule has 0 aliphatic rings. The van der Waals surface area contributed by atoms with Crippen LogP contribution in [0.25, 0.3) is 11.5 Å². The summed E-state index contributed by atoms with van der Waals surface area (Å²) in [6, 6.07) is 10.8. The largest absolute Gasteiger partial charge is 0.493 e. The molecule has 2 aromatic heterocycles. The molecule has 0 aliphatic carbocycles. The van der Waals surface area contributed by atoms with Gasteiger partial charge in [-0.2, -0.15) is 0 Å². The molecule has 1 N–H and O–H groups in total. The zero-order chi connectivity index (χ0) is 20.6. The first kappa shape index (κ1) is 20.4. The van der Waals surface area contributed by atoms with E-state index in [1.165, 1.54) is 11.8 Å². The van der Waals surface area contributed by atoms with Crippen LogP contribution in [0.15, 0.2) is 60.4 Å². The van der Waals surface area contributed by atoms with Crippen LogP contribution in [0.2, 0.25) is 0 Å². The number of aromatic nitrogens is 4. The number of nitrogens with one attached hydrogen (secondary N) is 1. The van der Waals surface area contributed by atoms with Crippen LogP contribution in [0.5, 0.6) is 11.5 Å². The lowest BCUT2D eigenvalue weighted by Gasteiger charge is -2.11. The summed E-state index contributed by atoms with van der Waals surface area (Å²) in [4.78, 5) is 16.7. The van der Waals surface area contributed by atoms with Crippen molar-refractivity contribution in [1.82, 2.24) is 19.7 Å².